The van der Waals surface area contributed by atoms with Crippen LogP contribution in [0.2, 0.25) is 0 Å². The molecule has 1 amide bonds. The van der Waals surface area contributed by atoms with E-state index >= 15 is 8.78 Å². The summed E-state index contributed by atoms with van der Waals surface area (Å²) in [6, 6.07) is 21.1. The van der Waals surface area contributed by atoms with Crippen LogP contribution in [-0.2, 0) is 41.3 Å². The zero-order valence-electron chi connectivity index (χ0n) is 30.5. The maximum absolute atomic E-state index is 15.5. The van der Waals surface area contributed by atoms with E-state index in [0.717, 1.165) is 12.3 Å². The largest absolute Gasteiger partial charge is 0.497 e. The number of esters is 1. The quantitative estimate of drug-likeness (QED) is 0.0822. The summed E-state index contributed by atoms with van der Waals surface area (Å²) >= 11 is 0. The maximum Gasteiger partial charge on any atom is 0.459 e. The second kappa shape index (κ2) is 17.5. The lowest BCUT2D eigenvalue weighted by atomic mass is 10.1. The number of halogens is 2. The summed E-state index contributed by atoms with van der Waals surface area (Å²) in [7, 11) is -1.62. The predicted octanol–water partition coefficient (Wildman–Crippen LogP) is 5.57. The van der Waals surface area contributed by atoms with Crippen LogP contribution >= 0.6 is 7.75 Å². The van der Waals surface area contributed by atoms with Crippen LogP contribution in [0.4, 0.5) is 19.4 Å². The number of hydrogen-bond donors (Lipinski definition) is 3. The minimum Gasteiger partial charge on any atom is -0.497 e. The molecule has 1 aliphatic rings. The van der Waals surface area contributed by atoms with Crippen molar-refractivity contribution in [3.8, 4) is 17.2 Å². The van der Waals surface area contributed by atoms with E-state index in [2.05, 4.69) is 15.4 Å². The van der Waals surface area contributed by atoms with Crippen molar-refractivity contribution in [1.82, 2.24) is 14.6 Å². The Hall–Kier alpha value is -5.85. The molecule has 20 heteroatoms. The molecule has 3 N–H and O–H groups in total. The number of ether oxygens (including phenoxy) is 5. The Labute approximate surface area is 322 Å². The lowest BCUT2D eigenvalue weighted by Crippen LogP contribution is -2.42. The summed E-state index contributed by atoms with van der Waals surface area (Å²) in [5.41, 5.74) is -0.195. The summed E-state index contributed by atoms with van der Waals surface area (Å²) in [6.07, 6.45) is -7.01. The number of methoxy groups -OCH3 is 2. The molecule has 0 spiro atoms. The molecular weight excluding hydrogens is 777 g/mol. The third-order valence-electron chi connectivity index (χ3n) is 8.41. The number of carbonyl (C=O) groups is 2. The molecule has 1 aliphatic heterocycles. The Kier molecular flexibility index (Phi) is 12.5. The highest BCUT2D eigenvalue weighted by atomic mass is 31.2. The number of aliphatic hydroxyl groups excluding tert-OH is 1. The van der Waals surface area contributed by atoms with Crippen LogP contribution in [0.5, 0.6) is 17.2 Å². The predicted molar refractivity (Wildman–Crippen MR) is 196 cm³/mol. The topological polar surface area (TPSA) is 208 Å². The monoisotopic (exact) mass is 814 g/mol. The smallest absolute Gasteiger partial charge is 0.459 e. The van der Waals surface area contributed by atoms with Gasteiger partial charge < -0.3 is 37.7 Å². The number of benzene rings is 3. The first-order valence-electron chi connectivity index (χ1n) is 17.1. The molecule has 0 aliphatic carbocycles. The highest BCUT2D eigenvalue weighted by Crippen LogP contribution is 2.48. The summed E-state index contributed by atoms with van der Waals surface area (Å²) in [5.74, 6) is -4.06. The van der Waals surface area contributed by atoms with Gasteiger partial charge in [0.05, 0.1) is 20.8 Å². The van der Waals surface area contributed by atoms with E-state index in [1.165, 1.54) is 33.3 Å². The van der Waals surface area contributed by atoms with E-state index < -0.39 is 62.5 Å². The zero-order valence-corrected chi connectivity index (χ0v) is 31.4. The maximum atomic E-state index is 15.5. The molecule has 1 fully saturated rings. The number of aliphatic hydroxyl groups is 1. The number of alkyl halides is 2. The van der Waals surface area contributed by atoms with Gasteiger partial charge in [0.2, 0.25) is 6.23 Å². The molecule has 5 atom stereocenters. The van der Waals surface area contributed by atoms with Gasteiger partial charge in [0.1, 0.15) is 41.8 Å². The van der Waals surface area contributed by atoms with Gasteiger partial charge >= 0.3 is 31.4 Å². The first-order valence-corrected chi connectivity index (χ1v) is 18.7. The first kappa shape index (κ1) is 40.8. The van der Waals surface area contributed by atoms with Crippen molar-refractivity contribution in [3.05, 3.63) is 113 Å². The van der Waals surface area contributed by atoms with E-state index in [1.807, 2.05) is 0 Å². The zero-order chi connectivity index (χ0) is 40.7. The van der Waals surface area contributed by atoms with Crippen LogP contribution in [0.3, 0.4) is 0 Å². The molecule has 5 aromatic rings. The average molecular weight is 815 g/mol. The molecular formula is C37H37F2N4O13P. The number of rotatable bonds is 16. The lowest BCUT2D eigenvalue weighted by molar-refractivity contribution is -0.146. The molecule has 2 aromatic heterocycles. The van der Waals surface area contributed by atoms with E-state index in [9.17, 15) is 24.1 Å². The Morgan fingerprint density at radius 3 is 2.39 bits per heavy atom. The fourth-order valence-corrected chi connectivity index (χ4v) is 7.06. The van der Waals surface area contributed by atoms with E-state index in [4.69, 9.17) is 37.1 Å². The summed E-state index contributed by atoms with van der Waals surface area (Å²) in [5, 5.41) is 15.9. The Balaban J connectivity index is 1.08. The number of aromatic nitrogens is 2. The van der Waals surface area contributed by atoms with Gasteiger partial charge in [0, 0.05) is 17.6 Å². The number of fused-ring (bicyclic) bond motifs is 1. The number of carbonyl (C=O) groups excluding carboxylic acids is 2. The van der Waals surface area contributed by atoms with Gasteiger partial charge in [-0.25, -0.2) is 14.2 Å². The molecule has 302 valence electrons. The van der Waals surface area contributed by atoms with Gasteiger partial charge in [-0.3, -0.25) is 19.2 Å². The number of furan rings is 1. The van der Waals surface area contributed by atoms with Crippen LogP contribution in [-0.4, -0.2) is 71.7 Å². The van der Waals surface area contributed by atoms with Crippen molar-refractivity contribution in [1.29, 1.82) is 0 Å². The first-order chi connectivity index (χ1) is 27.3. The molecule has 1 saturated heterocycles. The van der Waals surface area contributed by atoms with Crippen molar-refractivity contribution in [2.75, 3.05) is 26.1 Å². The Morgan fingerprint density at radius 2 is 1.70 bits per heavy atom. The van der Waals surface area contributed by atoms with Gasteiger partial charge in [-0.05, 0) is 42.8 Å². The standard InChI is InChI=1S/C37H37F2N4O13P/c1-22(33(45)51-19-23-10-6-4-7-11-23)42-57(48,56-25-12-8-5-9-13-25)53-21-29-32(44)37(38,39)34(55-29)43-15-14-30(40-35(43)46)41-36(47)52-20-27-17-24-16-26(49-2)18-28(50-3)31(24)54-27/h4-18,22,29,32,34,44H,19-21H2,1-3H3,(H,42,48)(H,40,41,46,47)/t22-,29+,32+,34?,57?/m0/s1. The number of nitrogens with one attached hydrogen (secondary N) is 2. The molecule has 17 nitrogen and oxygen atoms in total. The number of anilines is 1. The minimum absolute atomic E-state index is 0.0423. The minimum atomic E-state index is -4.57. The molecule has 3 heterocycles. The van der Waals surface area contributed by atoms with Gasteiger partial charge in [-0.15, -0.1) is 0 Å². The second-order valence-corrected chi connectivity index (χ2v) is 14.1. The van der Waals surface area contributed by atoms with Crippen LogP contribution < -0.4 is 30.1 Å². The molecule has 57 heavy (non-hydrogen) atoms. The molecule has 0 saturated carbocycles. The van der Waals surface area contributed by atoms with E-state index in [-0.39, 0.29) is 30.5 Å². The number of nitrogens with zero attached hydrogens (tertiary/aromatic N) is 2. The van der Waals surface area contributed by atoms with Gasteiger partial charge in [-0.2, -0.15) is 18.9 Å². The number of para-hydroxylation sites is 1. The van der Waals surface area contributed by atoms with Crippen LogP contribution in [0.25, 0.3) is 11.0 Å². The van der Waals surface area contributed by atoms with Crippen LogP contribution in [0.1, 0.15) is 24.5 Å². The van der Waals surface area contributed by atoms with Gasteiger partial charge in [-0.1, -0.05) is 48.5 Å². The fourth-order valence-electron chi connectivity index (χ4n) is 5.56. The average Bonchev–Trinajstić information content (AvgIpc) is 3.72. The van der Waals surface area contributed by atoms with Crippen molar-refractivity contribution in [2.24, 2.45) is 0 Å². The number of hydrogen-bond acceptors (Lipinski definition) is 14. The van der Waals surface area contributed by atoms with E-state index in [1.54, 1.807) is 66.7 Å². The highest BCUT2D eigenvalue weighted by molar-refractivity contribution is 7.52. The lowest BCUT2D eigenvalue weighted by Gasteiger charge is -2.24. The van der Waals surface area contributed by atoms with Gasteiger partial charge in [0.25, 0.3) is 0 Å². The number of amides is 1. The fraction of sp³-hybridized carbons (Fsp3) is 0.297. The summed E-state index contributed by atoms with van der Waals surface area (Å²) in [6.45, 7) is -0.0323. The highest BCUT2D eigenvalue weighted by Gasteiger charge is 2.60. The molecule has 3 aromatic carbocycles. The molecule has 0 bridgehead atoms. The van der Waals surface area contributed by atoms with Crippen molar-refractivity contribution in [3.63, 3.8) is 0 Å². The van der Waals surface area contributed by atoms with Gasteiger partial charge in [0.15, 0.2) is 24.0 Å². The van der Waals surface area contributed by atoms with Crippen LogP contribution in [0, 0.1) is 0 Å². The summed E-state index contributed by atoms with van der Waals surface area (Å²) < 4.78 is 88.3. The SMILES string of the molecule is COc1cc(OC)c2oc(COC(=O)Nc3ccn(C4O[C@H](COP(=O)(N[C@@H](C)C(=O)OCc5ccccc5)Oc5ccccc5)[C@@H](O)C4(F)F)c(=O)n3)cc2c1. The van der Waals surface area contributed by atoms with Crippen molar-refractivity contribution in [2.45, 2.75) is 50.5 Å². The second-order valence-electron chi connectivity index (χ2n) is 12.5. The molecule has 0 radical (unpaired) electrons. The molecule has 6 rings (SSSR count). The Bertz CT molecular complexity index is 2290. The van der Waals surface area contributed by atoms with E-state index in [0.29, 0.717) is 32.6 Å². The third-order valence-corrected chi connectivity index (χ3v) is 10.1. The molecule has 2 unspecified atom stereocenters. The van der Waals surface area contributed by atoms with Crippen molar-refractivity contribution < 1.29 is 65.2 Å². The third kappa shape index (κ3) is 9.76. The summed E-state index contributed by atoms with van der Waals surface area (Å²) in [4.78, 5) is 41.8. The Morgan fingerprint density at radius 1 is 0.982 bits per heavy atom. The van der Waals surface area contributed by atoms with Crippen LogP contribution in [0.15, 0.2) is 100 Å². The van der Waals surface area contributed by atoms with Crippen molar-refractivity contribution >= 4 is 36.6 Å². The normalized spacial score (nSPS) is 18.9.